The Balaban J connectivity index is 1.74. The third-order valence-corrected chi connectivity index (χ3v) is 4.37. The number of carbonyl (C=O) groups is 1. The Morgan fingerprint density at radius 2 is 2.20 bits per heavy atom. The predicted molar refractivity (Wildman–Crippen MR) is 71.2 cm³/mol. The molecule has 0 aromatic heterocycles. The summed E-state index contributed by atoms with van der Waals surface area (Å²) in [6, 6.07) is 4.20. The topological polar surface area (TPSA) is 32.3 Å². The van der Waals surface area contributed by atoms with Crippen molar-refractivity contribution < 1.29 is 13.6 Å². The molecular formula is C15H18F2N2O. The fourth-order valence-electron chi connectivity index (χ4n) is 3.33. The van der Waals surface area contributed by atoms with E-state index in [1.54, 1.807) is 0 Å². The van der Waals surface area contributed by atoms with Gasteiger partial charge in [-0.3, -0.25) is 4.79 Å². The number of hydrogen-bond donors (Lipinski definition) is 1. The maximum atomic E-state index is 13.6. The molecule has 2 saturated heterocycles. The quantitative estimate of drug-likeness (QED) is 0.894. The standard InChI is InChI=1S/C15H18F2N2O/c16-12-5-1-3-10(15(12)17)7-14(20)19-6-2-4-11-8-18-9-13(11)19/h1,3,5,11,13,18H,2,4,6-9H2. The Hall–Kier alpha value is -1.49. The molecule has 2 fully saturated rings. The molecule has 2 atom stereocenters. The summed E-state index contributed by atoms with van der Waals surface area (Å²) in [5, 5.41) is 3.31. The molecule has 1 aromatic carbocycles. The number of hydrogen-bond acceptors (Lipinski definition) is 2. The van der Waals surface area contributed by atoms with E-state index < -0.39 is 11.6 Å². The molecule has 0 saturated carbocycles. The van der Waals surface area contributed by atoms with Gasteiger partial charge in [-0.2, -0.15) is 0 Å². The van der Waals surface area contributed by atoms with E-state index in [9.17, 15) is 13.6 Å². The van der Waals surface area contributed by atoms with Crippen molar-refractivity contribution in [3.63, 3.8) is 0 Å². The molecule has 108 valence electrons. The largest absolute Gasteiger partial charge is 0.338 e. The second kappa shape index (κ2) is 5.48. The van der Waals surface area contributed by atoms with Gasteiger partial charge < -0.3 is 10.2 Å². The normalized spacial score (nSPS) is 25.6. The van der Waals surface area contributed by atoms with Crippen molar-refractivity contribution in [2.45, 2.75) is 25.3 Å². The van der Waals surface area contributed by atoms with Crippen LogP contribution in [0.1, 0.15) is 18.4 Å². The molecule has 5 heteroatoms. The SMILES string of the molecule is O=C(Cc1cccc(F)c1F)N1CCCC2CNCC21. The van der Waals surface area contributed by atoms with Crippen LogP contribution in [0.5, 0.6) is 0 Å². The predicted octanol–water partition coefficient (Wildman–Crippen LogP) is 1.72. The van der Waals surface area contributed by atoms with Crippen molar-refractivity contribution in [2.24, 2.45) is 5.92 Å². The van der Waals surface area contributed by atoms with Gasteiger partial charge in [0.2, 0.25) is 5.91 Å². The number of nitrogens with zero attached hydrogens (tertiary/aromatic N) is 1. The number of nitrogens with one attached hydrogen (secondary N) is 1. The zero-order chi connectivity index (χ0) is 14.1. The highest BCUT2D eigenvalue weighted by atomic mass is 19.2. The van der Waals surface area contributed by atoms with Gasteiger partial charge in [-0.1, -0.05) is 12.1 Å². The molecule has 2 aliphatic rings. The van der Waals surface area contributed by atoms with E-state index in [-0.39, 0.29) is 23.9 Å². The van der Waals surface area contributed by atoms with Gasteiger partial charge in [0.25, 0.3) is 0 Å². The van der Waals surface area contributed by atoms with Crippen LogP contribution < -0.4 is 5.32 Å². The molecule has 3 rings (SSSR count). The van der Waals surface area contributed by atoms with Crippen molar-refractivity contribution >= 4 is 5.91 Å². The number of amides is 1. The third kappa shape index (κ3) is 2.42. The summed E-state index contributed by atoms with van der Waals surface area (Å²) < 4.78 is 26.8. The summed E-state index contributed by atoms with van der Waals surface area (Å²) in [6.07, 6.45) is 2.06. The highest BCUT2D eigenvalue weighted by molar-refractivity contribution is 5.79. The van der Waals surface area contributed by atoms with Crippen LogP contribution in [0, 0.1) is 17.6 Å². The van der Waals surface area contributed by atoms with Crippen LogP contribution in [0.4, 0.5) is 8.78 Å². The maximum Gasteiger partial charge on any atom is 0.227 e. The highest BCUT2D eigenvalue weighted by Crippen LogP contribution is 2.27. The Morgan fingerprint density at radius 1 is 1.35 bits per heavy atom. The minimum Gasteiger partial charge on any atom is -0.338 e. The number of fused-ring (bicyclic) bond motifs is 1. The van der Waals surface area contributed by atoms with Crippen molar-refractivity contribution in [2.75, 3.05) is 19.6 Å². The summed E-state index contributed by atoms with van der Waals surface area (Å²) in [6.45, 7) is 2.48. The molecule has 1 N–H and O–H groups in total. The number of halogens is 2. The van der Waals surface area contributed by atoms with Crippen molar-refractivity contribution in [1.29, 1.82) is 0 Å². The third-order valence-electron chi connectivity index (χ3n) is 4.37. The molecule has 0 bridgehead atoms. The molecule has 1 aromatic rings. The lowest BCUT2D eigenvalue weighted by Crippen LogP contribution is -2.49. The number of rotatable bonds is 2. The van der Waals surface area contributed by atoms with Crippen LogP contribution >= 0.6 is 0 Å². The summed E-state index contributed by atoms with van der Waals surface area (Å²) in [4.78, 5) is 14.2. The van der Waals surface area contributed by atoms with Crippen molar-refractivity contribution in [1.82, 2.24) is 10.2 Å². The van der Waals surface area contributed by atoms with Gasteiger partial charge in [-0.15, -0.1) is 0 Å². The van der Waals surface area contributed by atoms with Gasteiger partial charge in [-0.25, -0.2) is 8.78 Å². The average molecular weight is 280 g/mol. The first-order chi connectivity index (χ1) is 9.66. The number of likely N-dealkylation sites (tertiary alicyclic amines) is 1. The fraction of sp³-hybridized carbons (Fsp3) is 0.533. The van der Waals surface area contributed by atoms with Crippen LogP contribution in [-0.4, -0.2) is 36.5 Å². The maximum absolute atomic E-state index is 13.6. The lowest BCUT2D eigenvalue weighted by Gasteiger charge is -2.37. The van der Waals surface area contributed by atoms with E-state index in [1.807, 2.05) is 4.90 Å². The zero-order valence-corrected chi connectivity index (χ0v) is 11.2. The fourth-order valence-corrected chi connectivity index (χ4v) is 3.33. The first-order valence-electron chi connectivity index (χ1n) is 7.10. The summed E-state index contributed by atoms with van der Waals surface area (Å²) in [7, 11) is 0. The molecule has 20 heavy (non-hydrogen) atoms. The summed E-state index contributed by atoms with van der Waals surface area (Å²) in [5.74, 6) is -1.40. The van der Waals surface area contributed by atoms with Gasteiger partial charge in [0.05, 0.1) is 6.42 Å². The zero-order valence-electron chi connectivity index (χ0n) is 11.2. The molecule has 2 unspecified atom stereocenters. The Bertz CT molecular complexity index is 521. The van der Waals surface area contributed by atoms with Crippen LogP contribution in [-0.2, 0) is 11.2 Å². The lowest BCUT2D eigenvalue weighted by atomic mass is 9.91. The van der Waals surface area contributed by atoms with E-state index >= 15 is 0 Å². The van der Waals surface area contributed by atoms with Gasteiger partial charge in [0.15, 0.2) is 11.6 Å². The second-order valence-corrected chi connectivity index (χ2v) is 5.60. The summed E-state index contributed by atoms with van der Waals surface area (Å²) >= 11 is 0. The van der Waals surface area contributed by atoms with Crippen LogP contribution in [0.2, 0.25) is 0 Å². The van der Waals surface area contributed by atoms with E-state index in [2.05, 4.69) is 5.32 Å². The Morgan fingerprint density at radius 3 is 3.05 bits per heavy atom. The molecule has 3 nitrogen and oxygen atoms in total. The second-order valence-electron chi connectivity index (χ2n) is 5.60. The van der Waals surface area contributed by atoms with Gasteiger partial charge in [0, 0.05) is 31.2 Å². The van der Waals surface area contributed by atoms with Crippen LogP contribution in [0.3, 0.4) is 0 Å². The minimum atomic E-state index is -0.904. The molecule has 2 heterocycles. The Kier molecular flexibility index (Phi) is 3.70. The van der Waals surface area contributed by atoms with Gasteiger partial charge in [0.1, 0.15) is 0 Å². The first-order valence-corrected chi connectivity index (χ1v) is 7.10. The molecule has 0 spiro atoms. The van der Waals surface area contributed by atoms with E-state index in [0.717, 1.165) is 38.5 Å². The van der Waals surface area contributed by atoms with Crippen LogP contribution in [0.25, 0.3) is 0 Å². The highest BCUT2D eigenvalue weighted by Gasteiger charge is 2.37. The van der Waals surface area contributed by atoms with E-state index in [0.29, 0.717) is 5.92 Å². The smallest absolute Gasteiger partial charge is 0.227 e. The lowest BCUT2D eigenvalue weighted by molar-refractivity contribution is -0.134. The number of piperidine rings is 1. The van der Waals surface area contributed by atoms with Crippen LogP contribution in [0.15, 0.2) is 18.2 Å². The van der Waals surface area contributed by atoms with E-state index in [1.165, 1.54) is 12.1 Å². The monoisotopic (exact) mass is 280 g/mol. The number of benzene rings is 1. The Labute approximate surface area is 117 Å². The average Bonchev–Trinajstić information content (AvgIpc) is 2.92. The van der Waals surface area contributed by atoms with Crippen molar-refractivity contribution in [3.05, 3.63) is 35.4 Å². The van der Waals surface area contributed by atoms with Gasteiger partial charge in [-0.05, 0) is 24.8 Å². The first kappa shape index (κ1) is 13.5. The summed E-state index contributed by atoms with van der Waals surface area (Å²) in [5.41, 5.74) is 0.142. The number of carbonyl (C=O) groups excluding carboxylic acids is 1. The molecule has 2 aliphatic heterocycles. The molecule has 0 aliphatic carbocycles. The van der Waals surface area contributed by atoms with E-state index in [4.69, 9.17) is 0 Å². The van der Waals surface area contributed by atoms with Gasteiger partial charge >= 0.3 is 0 Å². The molecular weight excluding hydrogens is 262 g/mol. The van der Waals surface area contributed by atoms with Crippen molar-refractivity contribution in [3.8, 4) is 0 Å². The minimum absolute atomic E-state index is 0.0627. The molecule has 1 amide bonds. The molecule has 0 radical (unpaired) electrons.